The lowest BCUT2D eigenvalue weighted by molar-refractivity contribution is -0.617. The summed E-state index contributed by atoms with van der Waals surface area (Å²) in [5, 5.41) is 2.54. The fourth-order valence-corrected chi connectivity index (χ4v) is 4.05. The van der Waals surface area contributed by atoms with Crippen molar-refractivity contribution in [1.29, 1.82) is 0 Å². The summed E-state index contributed by atoms with van der Waals surface area (Å²) >= 11 is 0. The zero-order chi connectivity index (χ0) is 19.1. The molecule has 0 aliphatic carbocycles. The highest BCUT2D eigenvalue weighted by molar-refractivity contribution is 6.07. The number of benzene rings is 4. The molecule has 5 aromatic rings. The highest BCUT2D eigenvalue weighted by atomic mass is 14.9. The molecule has 0 saturated carbocycles. The minimum atomic E-state index is 0.787. The first-order valence-electron chi connectivity index (χ1n) is 9.48. The van der Waals surface area contributed by atoms with Gasteiger partial charge in [0.15, 0.2) is 0 Å². The van der Waals surface area contributed by atoms with Gasteiger partial charge < -0.3 is 5.73 Å². The number of fused-ring (bicyclic) bond motifs is 2. The summed E-state index contributed by atoms with van der Waals surface area (Å²) in [6, 6.07) is 34.1. The molecular formula is C26H21N2+. The number of nitrogens with zero attached hydrogens (tertiary/aromatic N) is 1. The molecule has 0 unspecified atom stereocenters. The lowest BCUT2D eigenvalue weighted by Gasteiger charge is -2.11. The predicted molar refractivity (Wildman–Crippen MR) is 118 cm³/mol. The van der Waals surface area contributed by atoms with Gasteiger partial charge in [0, 0.05) is 23.4 Å². The van der Waals surface area contributed by atoms with E-state index in [0.29, 0.717) is 0 Å². The van der Waals surface area contributed by atoms with Gasteiger partial charge in [-0.15, -0.1) is 0 Å². The summed E-state index contributed by atoms with van der Waals surface area (Å²) in [6.45, 7) is 0. The lowest BCUT2D eigenvalue weighted by atomic mass is 9.94. The van der Waals surface area contributed by atoms with Crippen LogP contribution in [0.3, 0.4) is 0 Å². The Hall–Kier alpha value is -3.65. The fourth-order valence-electron chi connectivity index (χ4n) is 4.05. The van der Waals surface area contributed by atoms with E-state index in [0.717, 1.165) is 5.69 Å². The molecule has 0 aliphatic rings. The average molecular weight is 361 g/mol. The van der Waals surface area contributed by atoms with Gasteiger partial charge in [0.05, 0.1) is 10.8 Å². The molecule has 2 nitrogen and oxygen atoms in total. The zero-order valence-corrected chi connectivity index (χ0v) is 15.8. The minimum absolute atomic E-state index is 0.787. The van der Waals surface area contributed by atoms with E-state index >= 15 is 0 Å². The van der Waals surface area contributed by atoms with E-state index in [9.17, 15) is 0 Å². The Balaban J connectivity index is 1.74. The smallest absolute Gasteiger partial charge is 0.213 e. The van der Waals surface area contributed by atoms with E-state index < -0.39 is 0 Å². The molecule has 0 radical (unpaired) electrons. The molecule has 0 aliphatic heterocycles. The van der Waals surface area contributed by atoms with Gasteiger partial charge in [-0.05, 0) is 41.0 Å². The van der Waals surface area contributed by atoms with Crippen molar-refractivity contribution >= 4 is 27.5 Å². The predicted octanol–water partition coefficient (Wildman–Crippen LogP) is 5.73. The van der Waals surface area contributed by atoms with Crippen LogP contribution in [0.5, 0.6) is 0 Å². The molecule has 0 atom stereocenters. The Morgan fingerprint density at radius 2 is 0.964 bits per heavy atom. The monoisotopic (exact) mass is 361 g/mol. The van der Waals surface area contributed by atoms with Crippen LogP contribution in [0, 0.1) is 0 Å². The van der Waals surface area contributed by atoms with Crippen LogP contribution >= 0.6 is 0 Å². The number of hydrogen-bond acceptors (Lipinski definition) is 1. The maximum atomic E-state index is 5.82. The lowest BCUT2D eigenvalue weighted by Crippen LogP contribution is -2.30. The van der Waals surface area contributed by atoms with Crippen LogP contribution in [-0.4, -0.2) is 0 Å². The van der Waals surface area contributed by atoms with Crippen LogP contribution in [-0.2, 0) is 7.05 Å². The van der Waals surface area contributed by atoms with Gasteiger partial charge in [-0.25, -0.2) is 0 Å². The van der Waals surface area contributed by atoms with Crippen LogP contribution in [0.4, 0.5) is 5.69 Å². The van der Waals surface area contributed by atoms with Gasteiger partial charge >= 0.3 is 0 Å². The van der Waals surface area contributed by atoms with Crippen molar-refractivity contribution in [3.63, 3.8) is 0 Å². The number of anilines is 1. The summed E-state index contributed by atoms with van der Waals surface area (Å²) in [5.41, 5.74) is 14.0. The second-order valence-electron chi connectivity index (χ2n) is 7.17. The Kier molecular flexibility index (Phi) is 3.84. The third kappa shape index (κ3) is 2.62. The first kappa shape index (κ1) is 16.5. The van der Waals surface area contributed by atoms with Crippen LogP contribution in [0.1, 0.15) is 0 Å². The molecule has 28 heavy (non-hydrogen) atoms. The number of nitrogens with two attached hydrogens (primary N) is 1. The van der Waals surface area contributed by atoms with E-state index in [1.807, 2.05) is 12.1 Å². The van der Waals surface area contributed by atoms with Crippen molar-refractivity contribution in [3.05, 3.63) is 97.1 Å². The van der Waals surface area contributed by atoms with E-state index in [1.54, 1.807) is 0 Å². The third-order valence-corrected chi connectivity index (χ3v) is 5.49. The van der Waals surface area contributed by atoms with Crippen molar-refractivity contribution in [2.45, 2.75) is 0 Å². The topological polar surface area (TPSA) is 29.9 Å². The van der Waals surface area contributed by atoms with E-state index in [4.69, 9.17) is 5.73 Å². The number of nitrogen functional groups attached to an aromatic ring is 1. The maximum absolute atomic E-state index is 5.82. The minimum Gasteiger partial charge on any atom is -0.399 e. The van der Waals surface area contributed by atoms with Crippen LogP contribution in [0.2, 0.25) is 0 Å². The molecule has 0 bridgehead atoms. The quantitative estimate of drug-likeness (QED) is 0.243. The van der Waals surface area contributed by atoms with Crippen LogP contribution < -0.4 is 10.3 Å². The van der Waals surface area contributed by atoms with Crippen LogP contribution in [0.15, 0.2) is 97.1 Å². The first-order valence-corrected chi connectivity index (χ1v) is 9.48. The average Bonchev–Trinajstić information content (AvgIpc) is 2.75. The second kappa shape index (κ2) is 6.50. The molecule has 5 rings (SSSR count). The molecule has 0 amide bonds. The summed E-state index contributed by atoms with van der Waals surface area (Å²) in [6.07, 6.45) is 0. The number of pyridine rings is 1. The largest absolute Gasteiger partial charge is 0.399 e. The molecular weight excluding hydrogens is 340 g/mol. The van der Waals surface area contributed by atoms with Crippen molar-refractivity contribution in [2.75, 3.05) is 5.73 Å². The summed E-state index contributed by atoms with van der Waals surface area (Å²) in [7, 11) is 2.14. The summed E-state index contributed by atoms with van der Waals surface area (Å²) in [5.74, 6) is 0. The molecule has 2 N–H and O–H groups in total. The molecule has 2 heteroatoms. The summed E-state index contributed by atoms with van der Waals surface area (Å²) in [4.78, 5) is 0. The van der Waals surface area contributed by atoms with Gasteiger partial charge in [0.1, 0.15) is 7.05 Å². The van der Waals surface area contributed by atoms with Gasteiger partial charge in [-0.1, -0.05) is 60.7 Å². The van der Waals surface area contributed by atoms with Gasteiger partial charge in [-0.2, -0.15) is 4.57 Å². The number of para-hydroxylation sites is 2. The molecule has 0 fully saturated rings. The molecule has 1 heterocycles. The van der Waals surface area contributed by atoms with Gasteiger partial charge in [0.2, 0.25) is 11.0 Å². The molecule has 134 valence electrons. The highest BCUT2D eigenvalue weighted by Gasteiger charge is 2.18. The Bertz CT molecular complexity index is 1240. The number of aromatic nitrogens is 1. The van der Waals surface area contributed by atoms with Gasteiger partial charge in [0.25, 0.3) is 0 Å². The molecule has 0 spiro atoms. The molecule has 0 saturated heterocycles. The Labute approximate surface area is 164 Å². The Morgan fingerprint density at radius 1 is 0.536 bits per heavy atom. The van der Waals surface area contributed by atoms with E-state index in [2.05, 4.69) is 96.5 Å². The van der Waals surface area contributed by atoms with E-state index in [1.165, 1.54) is 44.1 Å². The molecule has 1 aromatic heterocycles. The normalized spacial score (nSPS) is 11.2. The molecule has 4 aromatic carbocycles. The standard InChI is InChI=1S/C26H20N2/c1-28-24-8-4-2-6-22(24)26(23-7-3-5-9-25(23)28)20-12-10-18(11-13-20)19-14-16-21(27)17-15-19/h2-17,27H,1H3/p+1. The third-order valence-electron chi connectivity index (χ3n) is 5.49. The van der Waals surface area contributed by atoms with Crippen molar-refractivity contribution in [1.82, 2.24) is 0 Å². The highest BCUT2D eigenvalue weighted by Crippen LogP contribution is 2.34. The fraction of sp³-hybridized carbons (Fsp3) is 0.0385. The van der Waals surface area contributed by atoms with E-state index in [-0.39, 0.29) is 0 Å². The van der Waals surface area contributed by atoms with Crippen molar-refractivity contribution in [2.24, 2.45) is 7.05 Å². The number of rotatable bonds is 2. The zero-order valence-electron chi connectivity index (χ0n) is 15.8. The summed E-state index contributed by atoms with van der Waals surface area (Å²) < 4.78 is 2.27. The van der Waals surface area contributed by atoms with Gasteiger partial charge in [-0.3, -0.25) is 0 Å². The number of hydrogen-bond donors (Lipinski definition) is 1. The SMILES string of the molecule is C[n+]1c2ccccc2c(-c2ccc(-c3ccc(N)cc3)cc2)c2ccccc21. The number of aryl methyl sites for hydroxylation is 1. The van der Waals surface area contributed by atoms with Crippen molar-refractivity contribution < 1.29 is 4.57 Å². The first-order chi connectivity index (χ1) is 13.7. The maximum Gasteiger partial charge on any atom is 0.213 e. The second-order valence-corrected chi connectivity index (χ2v) is 7.17. The van der Waals surface area contributed by atoms with Crippen LogP contribution in [0.25, 0.3) is 44.1 Å². The Morgan fingerprint density at radius 3 is 1.50 bits per heavy atom. The van der Waals surface area contributed by atoms with Crippen molar-refractivity contribution in [3.8, 4) is 22.3 Å².